The third-order valence-electron chi connectivity index (χ3n) is 0.282. The standard InChI is InChI=1S/C4H5Br2/c1-2-3-4(5)6/h2-4H,1H2. The largest absolute Gasteiger partial charge is 0.0877 e. The summed E-state index contributed by atoms with van der Waals surface area (Å²) < 4.78 is 0.280. The molecule has 35 valence electrons. The Kier molecular flexibility index (Phi) is 4.33. The van der Waals surface area contributed by atoms with Gasteiger partial charge in [-0.05, 0) is 6.92 Å². The van der Waals surface area contributed by atoms with Crippen molar-refractivity contribution in [2.75, 3.05) is 0 Å². The molecular weight excluding hydrogens is 208 g/mol. The van der Waals surface area contributed by atoms with E-state index < -0.39 is 0 Å². The molecule has 1 radical (unpaired) electrons. The van der Waals surface area contributed by atoms with Gasteiger partial charge in [-0.2, -0.15) is 0 Å². The summed E-state index contributed by atoms with van der Waals surface area (Å²) in [5.74, 6) is 0. The molecule has 0 aliphatic carbocycles. The van der Waals surface area contributed by atoms with Crippen LogP contribution in [-0.2, 0) is 0 Å². The van der Waals surface area contributed by atoms with E-state index in [-0.39, 0.29) is 3.74 Å². The van der Waals surface area contributed by atoms with Gasteiger partial charge in [0.25, 0.3) is 0 Å². The molecule has 0 aliphatic rings. The van der Waals surface area contributed by atoms with Gasteiger partial charge in [-0.15, -0.1) is 0 Å². The van der Waals surface area contributed by atoms with Crippen molar-refractivity contribution >= 4 is 31.9 Å². The molecule has 0 unspecified atom stereocenters. The number of alkyl halides is 2. The molecule has 0 aromatic rings. The zero-order valence-electron chi connectivity index (χ0n) is 3.20. The Morgan fingerprint density at radius 1 is 1.50 bits per heavy atom. The molecule has 0 atom stereocenters. The normalized spacial score (nSPS) is 11.3. The zero-order chi connectivity index (χ0) is 4.99. The monoisotopic (exact) mass is 211 g/mol. The summed E-state index contributed by atoms with van der Waals surface area (Å²) in [5, 5.41) is 0. The van der Waals surface area contributed by atoms with Crippen molar-refractivity contribution in [2.45, 2.75) is 3.74 Å². The van der Waals surface area contributed by atoms with Crippen molar-refractivity contribution in [3.05, 3.63) is 19.1 Å². The van der Waals surface area contributed by atoms with Crippen LogP contribution in [0.4, 0.5) is 0 Å². The molecule has 0 heterocycles. The second-order valence-electron chi connectivity index (χ2n) is 0.763. The van der Waals surface area contributed by atoms with Gasteiger partial charge in [0.05, 0.1) is 3.74 Å². The Labute approximate surface area is 54.9 Å². The van der Waals surface area contributed by atoms with Gasteiger partial charge in [-0.1, -0.05) is 44.0 Å². The number of hydrogen-bond donors (Lipinski definition) is 0. The van der Waals surface area contributed by atoms with Crippen LogP contribution in [0.3, 0.4) is 0 Å². The van der Waals surface area contributed by atoms with Crippen molar-refractivity contribution in [3.63, 3.8) is 0 Å². The van der Waals surface area contributed by atoms with Gasteiger partial charge in [0.2, 0.25) is 0 Å². The SMILES string of the molecule is [CH2]C=CC(Br)Br. The van der Waals surface area contributed by atoms with Crippen molar-refractivity contribution in [1.29, 1.82) is 0 Å². The van der Waals surface area contributed by atoms with E-state index in [2.05, 4.69) is 38.8 Å². The number of allylic oxidation sites excluding steroid dienone is 2. The van der Waals surface area contributed by atoms with Crippen molar-refractivity contribution in [2.24, 2.45) is 0 Å². The molecule has 0 amide bonds. The van der Waals surface area contributed by atoms with Crippen molar-refractivity contribution in [1.82, 2.24) is 0 Å². The minimum absolute atomic E-state index is 0.280. The number of halogens is 2. The first-order valence-electron chi connectivity index (χ1n) is 1.51. The molecule has 0 saturated heterocycles. The van der Waals surface area contributed by atoms with Crippen LogP contribution in [-0.4, -0.2) is 3.74 Å². The van der Waals surface area contributed by atoms with E-state index >= 15 is 0 Å². The Bertz CT molecular complexity index is 47.5. The van der Waals surface area contributed by atoms with Crippen LogP contribution in [0.2, 0.25) is 0 Å². The van der Waals surface area contributed by atoms with E-state index in [1.54, 1.807) is 6.08 Å². The first kappa shape index (κ1) is 6.70. The molecule has 0 bridgehead atoms. The summed E-state index contributed by atoms with van der Waals surface area (Å²) in [5.41, 5.74) is 0. The lowest BCUT2D eigenvalue weighted by Gasteiger charge is -1.81. The Balaban J connectivity index is 3.03. The molecule has 0 aromatic heterocycles. The van der Waals surface area contributed by atoms with Crippen LogP contribution in [0.1, 0.15) is 0 Å². The van der Waals surface area contributed by atoms with Crippen LogP contribution in [0.25, 0.3) is 0 Å². The maximum atomic E-state index is 3.49. The predicted octanol–water partition coefficient (Wildman–Crippen LogP) is 2.49. The minimum atomic E-state index is 0.280. The van der Waals surface area contributed by atoms with Gasteiger partial charge < -0.3 is 0 Å². The summed E-state index contributed by atoms with van der Waals surface area (Å²) in [7, 11) is 0. The Morgan fingerprint density at radius 2 is 2.00 bits per heavy atom. The predicted molar refractivity (Wildman–Crippen MR) is 36.1 cm³/mol. The van der Waals surface area contributed by atoms with E-state index in [1.807, 2.05) is 6.08 Å². The lowest BCUT2D eigenvalue weighted by molar-refractivity contribution is 1.72. The van der Waals surface area contributed by atoms with Gasteiger partial charge in [-0.25, -0.2) is 0 Å². The highest BCUT2D eigenvalue weighted by atomic mass is 79.9. The van der Waals surface area contributed by atoms with Gasteiger partial charge in [-0.3, -0.25) is 0 Å². The molecular formula is C4H5Br2. The fourth-order valence-corrected chi connectivity index (χ4v) is 0.535. The Hall–Kier alpha value is 0.700. The number of hydrogen-bond acceptors (Lipinski definition) is 0. The molecule has 0 aliphatic heterocycles. The summed E-state index contributed by atoms with van der Waals surface area (Å²) in [6.45, 7) is 3.49. The quantitative estimate of drug-likeness (QED) is 0.587. The van der Waals surface area contributed by atoms with Gasteiger partial charge in [0.15, 0.2) is 0 Å². The second kappa shape index (κ2) is 3.88. The minimum Gasteiger partial charge on any atom is -0.0863 e. The van der Waals surface area contributed by atoms with E-state index in [4.69, 9.17) is 0 Å². The molecule has 0 N–H and O–H groups in total. The maximum Gasteiger partial charge on any atom is 0.0877 e. The number of rotatable bonds is 1. The lowest BCUT2D eigenvalue weighted by atomic mass is 10.6. The fraction of sp³-hybridized carbons (Fsp3) is 0.250. The van der Waals surface area contributed by atoms with Gasteiger partial charge in [0, 0.05) is 0 Å². The highest BCUT2D eigenvalue weighted by molar-refractivity contribution is 9.24. The summed E-state index contributed by atoms with van der Waals surface area (Å²) >= 11 is 6.45. The van der Waals surface area contributed by atoms with Crippen LogP contribution in [0, 0.1) is 6.92 Å². The summed E-state index contributed by atoms with van der Waals surface area (Å²) in [6.07, 6.45) is 3.62. The highest BCUT2D eigenvalue weighted by Crippen LogP contribution is 2.07. The fourth-order valence-electron chi connectivity index (χ4n) is 0.103. The molecule has 0 saturated carbocycles. The average molecular weight is 213 g/mol. The summed E-state index contributed by atoms with van der Waals surface area (Å²) in [4.78, 5) is 0. The van der Waals surface area contributed by atoms with E-state index in [9.17, 15) is 0 Å². The molecule has 6 heavy (non-hydrogen) atoms. The van der Waals surface area contributed by atoms with Gasteiger partial charge in [0.1, 0.15) is 0 Å². The van der Waals surface area contributed by atoms with Crippen molar-refractivity contribution < 1.29 is 0 Å². The maximum absolute atomic E-state index is 3.49. The van der Waals surface area contributed by atoms with E-state index in [0.29, 0.717) is 0 Å². The van der Waals surface area contributed by atoms with Crippen LogP contribution in [0.15, 0.2) is 12.2 Å². The smallest absolute Gasteiger partial charge is 0.0863 e. The first-order valence-corrected chi connectivity index (χ1v) is 3.34. The zero-order valence-corrected chi connectivity index (χ0v) is 6.37. The molecule has 0 aromatic carbocycles. The average Bonchev–Trinajstić information content (AvgIpc) is 1.35. The third-order valence-corrected chi connectivity index (χ3v) is 0.892. The van der Waals surface area contributed by atoms with Crippen LogP contribution < -0.4 is 0 Å². The van der Waals surface area contributed by atoms with Crippen LogP contribution in [0.5, 0.6) is 0 Å². The topological polar surface area (TPSA) is 0 Å². The van der Waals surface area contributed by atoms with Crippen LogP contribution >= 0.6 is 31.9 Å². The van der Waals surface area contributed by atoms with E-state index in [0.717, 1.165) is 0 Å². The van der Waals surface area contributed by atoms with Gasteiger partial charge >= 0.3 is 0 Å². The molecule has 0 fully saturated rings. The lowest BCUT2D eigenvalue weighted by Crippen LogP contribution is -1.68. The third kappa shape index (κ3) is 4.70. The second-order valence-corrected chi connectivity index (χ2v) is 3.96. The molecule has 2 heteroatoms. The summed E-state index contributed by atoms with van der Waals surface area (Å²) in [6, 6.07) is 0. The van der Waals surface area contributed by atoms with Crippen molar-refractivity contribution in [3.8, 4) is 0 Å². The molecule has 0 spiro atoms. The van der Waals surface area contributed by atoms with E-state index in [1.165, 1.54) is 0 Å². The highest BCUT2D eigenvalue weighted by Gasteiger charge is 1.81. The first-order chi connectivity index (χ1) is 2.77. The Morgan fingerprint density at radius 3 is 2.00 bits per heavy atom. The molecule has 0 nitrogen and oxygen atoms in total. The molecule has 0 rings (SSSR count).